The van der Waals surface area contributed by atoms with E-state index in [9.17, 15) is 0 Å². The van der Waals surface area contributed by atoms with Crippen molar-refractivity contribution in [3.05, 3.63) is 53.3 Å². The molecule has 2 aromatic rings. The molecule has 0 atom stereocenters. The number of thioether (sulfide) groups is 1. The number of hydrogen-bond acceptors (Lipinski definition) is 3. The number of anilines is 1. The van der Waals surface area contributed by atoms with E-state index in [2.05, 4.69) is 22.4 Å². The highest BCUT2D eigenvalue weighted by atomic mass is 35.5. The number of hydrogen-bond donors (Lipinski definition) is 1. The van der Waals surface area contributed by atoms with Gasteiger partial charge in [0.05, 0.1) is 5.69 Å². The van der Waals surface area contributed by atoms with E-state index in [1.165, 1.54) is 4.90 Å². The molecule has 0 aliphatic carbocycles. The number of nitrogens with zero attached hydrogens (tertiary/aromatic N) is 2. The molecule has 3 nitrogen and oxygen atoms in total. The van der Waals surface area contributed by atoms with Crippen LogP contribution in [0.25, 0.3) is 0 Å². The fraction of sp³-hybridized carbons (Fsp3) is 0.200. The summed E-state index contributed by atoms with van der Waals surface area (Å²) in [6.45, 7) is 0. The maximum Gasteiger partial charge on any atom is 0.172 e. The lowest BCUT2D eigenvalue weighted by Crippen LogP contribution is -2.26. The molecule has 0 saturated heterocycles. The molecule has 0 bridgehead atoms. The van der Waals surface area contributed by atoms with Crippen LogP contribution in [0, 0.1) is 0 Å². The van der Waals surface area contributed by atoms with Crippen LogP contribution < -0.4 is 5.32 Å². The van der Waals surface area contributed by atoms with Crippen molar-refractivity contribution < 1.29 is 0 Å². The van der Waals surface area contributed by atoms with Gasteiger partial charge in [0.1, 0.15) is 5.15 Å². The molecule has 1 aromatic carbocycles. The zero-order chi connectivity index (χ0) is 15.2. The average Bonchev–Trinajstić information content (AvgIpc) is 2.46. The van der Waals surface area contributed by atoms with Gasteiger partial charge in [-0.2, -0.15) is 0 Å². The molecule has 0 aliphatic heterocycles. The smallest absolute Gasteiger partial charge is 0.172 e. The molecule has 1 N–H and O–H groups in total. The second-order valence-electron chi connectivity index (χ2n) is 4.59. The SMILES string of the molecule is CN(C)C(=S)Nc1ccc(SCc2cccc(Cl)n2)cc1. The highest BCUT2D eigenvalue weighted by Crippen LogP contribution is 2.24. The van der Waals surface area contributed by atoms with Crippen molar-refractivity contribution >= 4 is 46.4 Å². The number of pyridine rings is 1. The average molecular weight is 338 g/mol. The highest BCUT2D eigenvalue weighted by Gasteiger charge is 2.01. The van der Waals surface area contributed by atoms with Crippen molar-refractivity contribution in [2.24, 2.45) is 0 Å². The monoisotopic (exact) mass is 337 g/mol. The summed E-state index contributed by atoms with van der Waals surface area (Å²) in [5, 5.41) is 4.39. The van der Waals surface area contributed by atoms with E-state index in [1.807, 2.05) is 43.3 Å². The normalized spacial score (nSPS) is 10.2. The predicted molar refractivity (Wildman–Crippen MR) is 95.2 cm³/mol. The first-order valence-electron chi connectivity index (χ1n) is 6.37. The Morgan fingerprint density at radius 3 is 2.57 bits per heavy atom. The van der Waals surface area contributed by atoms with Gasteiger partial charge in [-0.3, -0.25) is 0 Å². The number of thiocarbonyl (C=S) groups is 1. The number of nitrogens with one attached hydrogen (secondary N) is 1. The molecular weight excluding hydrogens is 322 g/mol. The summed E-state index contributed by atoms with van der Waals surface area (Å²) < 4.78 is 0. The molecule has 0 aliphatic rings. The molecule has 6 heteroatoms. The summed E-state index contributed by atoms with van der Waals surface area (Å²) in [5.41, 5.74) is 1.96. The lowest BCUT2D eigenvalue weighted by molar-refractivity contribution is 0.634. The van der Waals surface area contributed by atoms with E-state index < -0.39 is 0 Å². The van der Waals surface area contributed by atoms with Gasteiger partial charge in [0.2, 0.25) is 0 Å². The van der Waals surface area contributed by atoms with E-state index in [-0.39, 0.29) is 0 Å². The first kappa shape index (κ1) is 16.1. The summed E-state index contributed by atoms with van der Waals surface area (Å²) in [5.74, 6) is 0.795. The van der Waals surface area contributed by atoms with Gasteiger partial charge in [-0.25, -0.2) is 4.98 Å². The summed E-state index contributed by atoms with van der Waals surface area (Å²) in [6, 6.07) is 13.8. The number of aromatic nitrogens is 1. The van der Waals surface area contributed by atoms with Gasteiger partial charge in [0, 0.05) is 30.4 Å². The van der Waals surface area contributed by atoms with Gasteiger partial charge in [-0.1, -0.05) is 17.7 Å². The van der Waals surface area contributed by atoms with Gasteiger partial charge in [0.15, 0.2) is 5.11 Å². The van der Waals surface area contributed by atoms with Gasteiger partial charge < -0.3 is 10.2 Å². The quantitative estimate of drug-likeness (QED) is 0.510. The molecule has 0 amide bonds. The third-order valence-corrected chi connectivity index (χ3v) is 4.39. The van der Waals surface area contributed by atoms with E-state index in [4.69, 9.17) is 23.8 Å². The van der Waals surface area contributed by atoms with Crippen LogP contribution in [0.3, 0.4) is 0 Å². The van der Waals surface area contributed by atoms with E-state index >= 15 is 0 Å². The van der Waals surface area contributed by atoms with Gasteiger partial charge in [-0.15, -0.1) is 11.8 Å². The van der Waals surface area contributed by atoms with Crippen molar-refractivity contribution in [2.75, 3.05) is 19.4 Å². The minimum atomic E-state index is 0.532. The van der Waals surface area contributed by atoms with Crippen LogP contribution in [0.2, 0.25) is 5.15 Å². The molecule has 1 heterocycles. The third-order valence-electron chi connectivity index (χ3n) is 2.67. The highest BCUT2D eigenvalue weighted by molar-refractivity contribution is 7.98. The Hall–Kier alpha value is -1.30. The molecule has 1 aromatic heterocycles. The van der Waals surface area contributed by atoms with Crippen LogP contribution in [0.5, 0.6) is 0 Å². The van der Waals surface area contributed by atoms with Crippen LogP contribution in [0.15, 0.2) is 47.4 Å². The van der Waals surface area contributed by atoms with E-state index in [0.29, 0.717) is 10.3 Å². The second kappa shape index (κ2) is 7.64. The van der Waals surface area contributed by atoms with Crippen molar-refractivity contribution in [3.63, 3.8) is 0 Å². The van der Waals surface area contributed by atoms with Crippen molar-refractivity contribution in [3.8, 4) is 0 Å². The Kier molecular flexibility index (Phi) is 5.85. The molecule has 0 unspecified atom stereocenters. The molecule has 21 heavy (non-hydrogen) atoms. The fourth-order valence-electron chi connectivity index (χ4n) is 1.56. The summed E-state index contributed by atoms with van der Waals surface area (Å²) in [6.07, 6.45) is 0. The van der Waals surface area contributed by atoms with E-state index in [0.717, 1.165) is 17.1 Å². The standard InChI is InChI=1S/C15H16ClN3S2/c1-19(2)15(20)18-11-6-8-13(9-7-11)21-10-12-4-3-5-14(16)17-12/h3-9H,10H2,1-2H3,(H,18,20). The van der Waals surface area contributed by atoms with Crippen LogP contribution in [0.4, 0.5) is 5.69 Å². The lowest BCUT2D eigenvalue weighted by atomic mass is 10.3. The van der Waals surface area contributed by atoms with Crippen molar-refractivity contribution in [1.29, 1.82) is 0 Å². The molecule has 0 fully saturated rings. The van der Waals surface area contributed by atoms with Crippen LogP contribution in [-0.2, 0) is 5.75 Å². The van der Waals surface area contributed by atoms with E-state index in [1.54, 1.807) is 17.8 Å². The van der Waals surface area contributed by atoms with Crippen LogP contribution in [0.1, 0.15) is 5.69 Å². The maximum atomic E-state index is 5.88. The van der Waals surface area contributed by atoms with Gasteiger partial charge >= 0.3 is 0 Å². The zero-order valence-electron chi connectivity index (χ0n) is 11.8. The van der Waals surface area contributed by atoms with Crippen molar-refractivity contribution in [2.45, 2.75) is 10.6 Å². The molecule has 0 radical (unpaired) electrons. The second-order valence-corrected chi connectivity index (χ2v) is 6.41. The Morgan fingerprint density at radius 2 is 1.95 bits per heavy atom. The van der Waals surface area contributed by atoms with Crippen LogP contribution in [-0.4, -0.2) is 29.1 Å². The number of benzene rings is 1. The molecule has 2 rings (SSSR count). The van der Waals surface area contributed by atoms with Crippen LogP contribution >= 0.6 is 35.6 Å². The molecule has 0 saturated carbocycles. The minimum absolute atomic E-state index is 0.532. The summed E-state index contributed by atoms with van der Waals surface area (Å²) >= 11 is 12.8. The molecule has 0 spiro atoms. The van der Waals surface area contributed by atoms with Gasteiger partial charge in [0.25, 0.3) is 0 Å². The molecule has 110 valence electrons. The first-order chi connectivity index (χ1) is 10.0. The summed E-state index contributed by atoms with van der Waals surface area (Å²) in [4.78, 5) is 7.32. The first-order valence-corrected chi connectivity index (χ1v) is 8.14. The Labute approximate surface area is 139 Å². The van der Waals surface area contributed by atoms with Gasteiger partial charge in [-0.05, 0) is 48.6 Å². The summed E-state index contributed by atoms with van der Waals surface area (Å²) in [7, 11) is 3.83. The number of rotatable bonds is 4. The topological polar surface area (TPSA) is 28.2 Å². The fourth-order valence-corrected chi connectivity index (χ4v) is 2.66. The third kappa shape index (κ3) is 5.19. The zero-order valence-corrected chi connectivity index (χ0v) is 14.2. The predicted octanol–water partition coefficient (Wildman–Crippen LogP) is 4.29. The Morgan fingerprint density at radius 1 is 1.24 bits per heavy atom. The number of halogens is 1. The Bertz CT molecular complexity index is 615. The minimum Gasteiger partial charge on any atom is -0.355 e. The lowest BCUT2D eigenvalue weighted by Gasteiger charge is -2.15. The largest absolute Gasteiger partial charge is 0.355 e. The maximum absolute atomic E-state index is 5.88. The molecular formula is C15H16ClN3S2. The van der Waals surface area contributed by atoms with Crippen molar-refractivity contribution in [1.82, 2.24) is 9.88 Å². The Balaban J connectivity index is 1.92.